The van der Waals surface area contributed by atoms with Gasteiger partial charge in [0.1, 0.15) is 11.5 Å². The number of aryl methyl sites for hydroxylation is 2. The van der Waals surface area contributed by atoms with Gasteiger partial charge in [-0.2, -0.15) is 0 Å². The van der Waals surface area contributed by atoms with Gasteiger partial charge in [0.2, 0.25) is 0 Å². The minimum Gasteiger partial charge on any atom is -0.497 e. The maximum Gasteiger partial charge on any atom is 0.363 e. The average Bonchev–Trinajstić information content (AvgIpc) is 3.05. The fraction of sp³-hybridized carbons (Fsp3) is 0.273. The Labute approximate surface area is 159 Å². The lowest BCUT2D eigenvalue weighted by Crippen LogP contribution is -2.05. The molecule has 27 heavy (non-hydrogen) atoms. The number of aliphatic imine (C=N–C) groups is 1. The predicted molar refractivity (Wildman–Crippen MR) is 105 cm³/mol. The Morgan fingerprint density at radius 1 is 1.04 bits per heavy atom. The van der Waals surface area contributed by atoms with Gasteiger partial charge in [0.05, 0.1) is 14.2 Å². The number of benzene rings is 2. The molecule has 0 aromatic heterocycles. The SMILES string of the molecule is CCc1ccc(OC)c(/C=C2/N=C(CCc3cccc(OC)c3)OC2=O)c1. The second-order valence-corrected chi connectivity index (χ2v) is 6.21. The van der Waals surface area contributed by atoms with Crippen LogP contribution in [0.2, 0.25) is 0 Å². The van der Waals surface area contributed by atoms with Crippen LogP contribution < -0.4 is 9.47 Å². The van der Waals surface area contributed by atoms with E-state index in [1.807, 2.05) is 42.5 Å². The molecule has 0 saturated heterocycles. The molecule has 1 heterocycles. The van der Waals surface area contributed by atoms with Gasteiger partial charge in [0.25, 0.3) is 0 Å². The Balaban J connectivity index is 1.76. The standard InChI is InChI=1S/C22H23NO4/c1-4-15-8-10-20(26-3)17(12-15)14-19-22(24)27-21(23-19)11-9-16-6-5-7-18(13-16)25-2/h5-8,10,12-14H,4,9,11H2,1-3H3/b19-14+. The fourth-order valence-electron chi connectivity index (χ4n) is 2.90. The summed E-state index contributed by atoms with van der Waals surface area (Å²) in [5, 5.41) is 0. The van der Waals surface area contributed by atoms with Gasteiger partial charge in [-0.05, 0) is 54.3 Å². The van der Waals surface area contributed by atoms with Gasteiger partial charge >= 0.3 is 5.97 Å². The van der Waals surface area contributed by atoms with E-state index in [0.29, 0.717) is 30.2 Å². The lowest BCUT2D eigenvalue weighted by atomic mass is 10.1. The molecule has 140 valence electrons. The van der Waals surface area contributed by atoms with E-state index in [2.05, 4.69) is 11.9 Å². The number of hydrogen-bond donors (Lipinski definition) is 0. The molecule has 3 rings (SSSR count). The minimum absolute atomic E-state index is 0.294. The summed E-state index contributed by atoms with van der Waals surface area (Å²) in [6, 6.07) is 13.7. The summed E-state index contributed by atoms with van der Waals surface area (Å²) in [6.07, 6.45) is 3.88. The van der Waals surface area contributed by atoms with Crippen molar-refractivity contribution in [3.8, 4) is 11.5 Å². The quantitative estimate of drug-likeness (QED) is 0.545. The summed E-state index contributed by atoms with van der Waals surface area (Å²) in [7, 11) is 3.25. The molecule has 0 aliphatic carbocycles. The molecule has 5 heteroatoms. The molecule has 2 aromatic rings. The van der Waals surface area contributed by atoms with Crippen molar-refractivity contribution in [1.82, 2.24) is 0 Å². The monoisotopic (exact) mass is 365 g/mol. The van der Waals surface area contributed by atoms with Crippen LogP contribution in [0.25, 0.3) is 6.08 Å². The van der Waals surface area contributed by atoms with E-state index in [0.717, 1.165) is 28.9 Å². The van der Waals surface area contributed by atoms with Gasteiger partial charge in [0.15, 0.2) is 11.6 Å². The summed E-state index contributed by atoms with van der Waals surface area (Å²) in [5.74, 6) is 1.51. The maximum atomic E-state index is 12.2. The number of hydrogen-bond acceptors (Lipinski definition) is 5. The number of rotatable bonds is 7. The number of ether oxygens (including phenoxy) is 3. The van der Waals surface area contributed by atoms with E-state index < -0.39 is 5.97 Å². The Morgan fingerprint density at radius 3 is 2.63 bits per heavy atom. The number of methoxy groups -OCH3 is 2. The van der Waals surface area contributed by atoms with Crippen molar-refractivity contribution in [2.75, 3.05) is 14.2 Å². The number of carbonyl (C=O) groups excluding carboxylic acids is 1. The van der Waals surface area contributed by atoms with E-state index in [9.17, 15) is 4.79 Å². The highest BCUT2D eigenvalue weighted by Crippen LogP contribution is 2.26. The second-order valence-electron chi connectivity index (χ2n) is 6.21. The first-order valence-corrected chi connectivity index (χ1v) is 8.94. The van der Waals surface area contributed by atoms with Crippen LogP contribution in [0.4, 0.5) is 0 Å². The molecule has 2 aromatic carbocycles. The molecule has 0 atom stereocenters. The van der Waals surface area contributed by atoms with Crippen molar-refractivity contribution in [3.05, 3.63) is 64.9 Å². The smallest absolute Gasteiger partial charge is 0.363 e. The van der Waals surface area contributed by atoms with Crippen molar-refractivity contribution in [2.45, 2.75) is 26.2 Å². The Bertz CT molecular complexity index is 899. The molecular formula is C22H23NO4. The third kappa shape index (κ3) is 4.56. The average molecular weight is 365 g/mol. The van der Waals surface area contributed by atoms with Crippen molar-refractivity contribution in [3.63, 3.8) is 0 Å². The normalized spacial score (nSPS) is 14.9. The molecule has 0 amide bonds. The number of carbonyl (C=O) groups is 1. The highest BCUT2D eigenvalue weighted by atomic mass is 16.6. The first-order valence-electron chi connectivity index (χ1n) is 8.94. The molecular weight excluding hydrogens is 342 g/mol. The molecule has 0 fully saturated rings. The Kier molecular flexibility index (Phi) is 5.91. The van der Waals surface area contributed by atoms with Gasteiger partial charge in [0, 0.05) is 12.0 Å². The van der Waals surface area contributed by atoms with Gasteiger partial charge in [-0.3, -0.25) is 0 Å². The Morgan fingerprint density at radius 2 is 1.89 bits per heavy atom. The van der Waals surface area contributed by atoms with Crippen LogP contribution in [0.5, 0.6) is 11.5 Å². The summed E-state index contributed by atoms with van der Waals surface area (Å²) in [4.78, 5) is 16.6. The van der Waals surface area contributed by atoms with Gasteiger partial charge in [-0.25, -0.2) is 9.79 Å². The minimum atomic E-state index is -0.431. The lowest BCUT2D eigenvalue weighted by Gasteiger charge is -2.06. The fourth-order valence-corrected chi connectivity index (χ4v) is 2.90. The molecule has 0 N–H and O–H groups in total. The maximum absolute atomic E-state index is 12.2. The molecule has 5 nitrogen and oxygen atoms in total. The largest absolute Gasteiger partial charge is 0.497 e. The summed E-state index contributed by atoms with van der Waals surface area (Å²) >= 11 is 0. The highest BCUT2D eigenvalue weighted by Gasteiger charge is 2.23. The first kappa shape index (κ1) is 18.7. The third-order valence-electron chi connectivity index (χ3n) is 4.42. The van der Waals surface area contributed by atoms with E-state index in [1.165, 1.54) is 0 Å². The zero-order chi connectivity index (χ0) is 19.2. The lowest BCUT2D eigenvalue weighted by molar-refractivity contribution is -0.130. The van der Waals surface area contributed by atoms with Gasteiger partial charge in [-0.15, -0.1) is 0 Å². The molecule has 0 saturated carbocycles. The van der Waals surface area contributed by atoms with Crippen molar-refractivity contribution < 1.29 is 19.0 Å². The zero-order valence-electron chi connectivity index (χ0n) is 15.8. The first-order chi connectivity index (χ1) is 13.1. The highest BCUT2D eigenvalue weighted by molar-refractivity contribution is 6.07. The van der Waals surface area contributed by atoms with E-state index >= 15 is 0 Å². The molecule has 0 bridgehead atoms. The van der Waals surface area contributed by atoms with Crippen LogP contribution in [-0.4, -0.2) is 26.1 Å². The Hall–Kier alpha value is -3.08. The number of cyclic esters (lactones) is 1. The van der Waals surface area contributed by atoms with Gasteiger partial charge < -0.3 is 14.2 Å². The number of nitrogens with zero attached hydrogens (tertiary/aromatic N) is 1. The van der Waals surface area contributed by atoms with Gasteiger partial charge in [-0.1, -0.05) is 25.1 Å². The summed E-state index contributed by atoms with van der Waals surface area (Å²) < 4.78 is 15.9. The second kappa shape index (κ2) is 8.54. The molecule has 0 radical (unpaired) electrons. The van der Waals surface area contributed by atoms with Crippen LogP contribution in [-0.2, 0) is 22.4 Å². The van der Waals surface area contributed by atoms with Crippen LogP contribution in [0.3, 0.4) is 0 Å². The molecule has 1 aliphatic rings. The summed E-state index contributed by atoms with van der Waals surface area (Å²) in [6.45, 7) is 2.08. The van der Waals surface area contributed by atoms with E-state index in [-0.39, 0.29) is 0 Å². The molecule has 0 spiro atoms. The third-order valence-corrected chi connectivity index (χ3v) is 4.42. The van der Waals surface area contributed by atoms with Crippen LogP contribution >= 0.6 is 0 Å². The van der Waals surface area contributed by atoms with Crippen molar-refractivity contribution in [2.24, 2.45) is 4.99 Å². The van der Waals surface area contributed by atoms with Crippen LogP contribution in [0.15, 0.2) is 53.2 Å². The summed E-state index contributed by atoms with van der Waals surface area (Å²) in [5.41, 5.74) is 3.38. The van der Waals surface area contributed by atoms with Crippen LogP contribution in [0.1, 0.15) is 30.0 Å². The van der Waals surface area contributed by atoms with E-state index in [1.54, 1.807) is 20.3 Å². The number of esters is 1. The van der Waals surface area contributed by atoms with Crippen LogP contribution in [0, 0.1) is 0 Å². The van der Waals surface area contributed by atoms with Crippen molar-refractivity contribution in [1.29, 1.82) is 0 Å². The van der Waals surface area contributed by atoms with Crippen molar-refractivity contribution >= 4 is 17.9 Å². The topological polar surface area (TPSA) is 57.1 Å². The zero-order valence-corrected chi connectivity index (χ0v) is 15.8. The molecule has 1 aliphatic heterocycles. The molecule has 0 unspecified atom stereocenters. The predicted octanol–water partition coefficient (Wildman–Crippen LogP) is 4.20. The van der Waals surface area contributed by atoms with E-state index in [4.69, 9.17) is 14.2 Å².